The molecule has 0 amide bonds. The summed E-state index contributed by atoms with van der Waals surface area (Å²) >= 11 is 0. The lowest BCUT2D eigenvalue weighted by atomic mass is 9.91. The highest BCUT2D eigenvalue weighted by atomic mass is 19.1. The second-order valence-electron chi connectivity index (χ2n) is 5.54. The van der Waals surface area contributed by atoms with Gasteiger partial charge in [0.15, 0.2) is 13.7 Å². The van der Waals surface area contributed by atoms with E-state index < -0.39 is 11.6 Å². The molecule has 5 nitrogen and oxygen atoms in total. The van der Waals surface area contributed by atoms with Crippen molar-refractivity contribution < 1.29 is 14.6 Å². The van der Waals surface area contributed by atoms with Crippen molar-refractivity contribution in [3.8, 4) is 0 Å². The zero-order valence-electron chi connectivity index (χ0n) is 12.0. The molecule has 2 radical (unpaired) electrons. The van der Waals surface area contributed by atoms with Crippen molar-refractivity contribution in [2.45, 2.75) is 50.9 Å². The van der Waals surface area contributed by atoms with E-state index in [0.717, 1.165) is 43.2 Å². The van der Waals surface area contributed by atoms with Gasteiger partial charge < -0.3 is 15.1 Å². The largest absolute Gasteiger partial charge is 0.356 e. The Morgan fingerprint density at radius 1 is 1.50 bits per heavy atom. The van der Waals surface area contributed by atoms with E-state index in [2.05, 4.69) is 23.8 Å². The van der Waals surface area contributed by atoms with Crippen molar-refractivity contribution in [1.82, 2.24) is 14.7 Å². The maximum Gasteiger partial charge on any atom is 0.208 e. The Balaban J connectivity index is 2.13. The first-order valence-corrected chi connectivity index (χ1v) is 7.06. The number of hydrogen-bond donors (Lipinski definition) is 2. The molecule has 0 aliphatic carbocycles. The first-order valence-electron chi connectivity index (χ1n) is 7.06. The number of aliphatic hydroxyl groups is 2. The summed E-state index contributed by atoms with van der Waals surface area (Å²) < 4.78 is 14.6. The van der Waals surface area contributed by atoms with Gasteiger partial charge in [-0.15, -0.1) is 0 Å². The number of hydrogen-bond acceptors (Lipinski definition) is 4. The molecule has 0 aromatic carbocycles. The minimum atomic E-state index is -2.66. The van der Waals surface area contributed by atoms with Crippen molar-refractivity contribution in [2.24, 2.45) is 0 Å². The predicted molar refractivity (Wildman–Crippen MR) is 73.7 cm³/mol. The van der Waals surface area contributed by atoms with Crippen LogP contribution in [0.3, 0.4) is 0 Å². The van der Waals surface area contributed by atoms with E-state index in [9.17, 15) is 14.6 Å². The maximum atomic E-state index is 13.9. The summed E-state index contributed by atoms with van der Waals surface area (Å²) in [6.07, 6.45) is 3.56. The van der Waals surface area contributed by atoms with Gasteiger partial charge in [-0.25, -0.2) is 9.07 Å². The van der Waals surface area contributed by atoms with Gasteiger partial charge in [0.1, 0.15) is 0 Å². The molecule has 0 bridgehead atoms. The fourth-order valence-electron chi connectivity index (χ4n) is 2.84. The van der Waals surface area contributed by atoms with Crippen LogP contribution >= 0.6 is 0 Å². The molecule has 1 aliphatic heterocycles. The Hall–Kier alpha value is -0.915. The number of likely N-dealkylation sites (tertiary alicyclic amines) is 1. The maximum absolute atomic E-state index is 13.9. The van der Waals surface area contributed by atoms with Crippen LogP contribution in [0.2, 0.25) is 0 Å². The Bertz CT molecular complexity index is 453. The predicted octanol–water partition coefficient (Wildman–Crippen LogP) is 0.721. The minimum Gasteiger partial charge on any atom is -0.356 e. The first kappa shape index (κ1) is 15.5. The lowest BCUT2D eigenvalue weighted by Gasteiger charge is -2.36. The minimum absolute atomic E-state index is 0.0972. The average Bonchev–Trinajstić information content (AvgIpc) is 2.80. The van der Waals surface area contributed by atoms with E-state index in [-0.39, 0.29) is 11.6 Å². The van der Waals surface area contributed by atoms with Crippen LogP contribution < -0.4 is 0 Å². The zero-order chi connectivity index (χ0) is 14.9. The van der Waals surface area contributed by atoms with Crippen LogP contribution in [0.15, 0.2) is 6.20 Å². The zero-order valence-corrected chi connectivity index (χ0v) is 12.0. The van der Waals surface area contributed by atoms with Crippen LogP contribution in [0.25, 0.3) is 0 Å². The van der Waals surface area contributed by atoms with E-state index in [1.807, 2.05) is 0 Å². The third kappa shape index (κ3) is 3.05. The summed E-state index contributed by atoms with van der Waals surface area (Å²) in [7, 11) is 5.21. The van der Waals surface area contributed by atoms with E-state index >= 15 is 0 Å². The summed E-state index contributed by atoms with van der Waals surface area (Å²) in [4.78, 5) is 2.36. The van der Waals surface area contributed by atoms with E-state index in [0.29, 0.717) is 6.04 Å². The number of piperidine rings is 1. The topological polar surface area (TPSA) is 61.5 Å². The molecular weight excluding hydrogens is 260 g/mol. The SMILES string of the molecule is [B]C(O)(O)n1ncc(F)c1C1CCN(C(C)CC)CC1. The Morgan fingerprint density at radius 2 is 2.10 bits per heavy atom. The standard InChI is InChI=1S/C13H21BFN3O2/c1-3-9(2)17-6-4-10(5-7-17)12-11(15)8-16-18(12)13(14,19)20/h8-10,19-20H,3-7H2,1-2H3. The number of nitrogens with zero attached hydrogens (tertiary/aromatic N) is 3. The van der Waals surface area contributed by atoms with Crippen LogP contribution in [0.5, 0.6) is 0 Å². The van der Waals surface area contributed by atoms with Crippen molar-refractivity contribution in [3.05, 3.63) is 17.7 Å². The Morgan fingerprint density at radius 3 is 2.60 bits per heavy atom. The van der Waals surface area contributed by atoms with Crippen LogP contribution in [0, 0.1) is 5.82 Å². The molecule has 1 unspecified atom stereocenters. The fourth-order valence-corrected chi connectivity index (χ4v) is 2.84. The van der Waals surface area contributed by atoms with Crippen LogP contribution in [-0.4, -0.2) is 51.9 Å². The molecule has 20 heavy (non-hydrogen) atoms. The number of rotatable bonds is 4. The molecule has 7 heteroatoms. The van der Waals surface area contributed by atoms with Crippen LogP contribution in [-0.2, 0) is 5.81 Å². The lowest BCUT2D eigenvalue weighted by Crippen LogP contribution is -2.41. The van der Waals surface area contributed by atoms with Crippen LogP contribution in [0.1, 0.15) is 44.7 Å². The van der Waals surface area contributed by atoms with Gasteiger partial charge >= 0.3 is 0 Å². The van der Waals surface area contributed by atoms with Gasteiger partial charge in [0, 0.05) is 12.0 Å². The number of halogens is 1. The van der Waals surface area contributed by atoms with Gasteiger partial charge in [-0.1, -0.05) is 6.92 Å². The quantitative estimate of drug-likeness (QED) is 0.630. The summed E-state index contributed by atoms with van der Waals surface area (Å²) in [5.41, 5.74) is 0.182. The van der Waals surface area contributed by atoms with Gasteiger partial charge in [0.2, 0.25) is 5.81 Å². The number of aromatic nitrogens is 2. The smallest absolute Gasteiger partial charge is 0.208 e. The second-order valence-corrected chi connectivity index (χ2v) is 5.54. The first-order chi connectivity index (χ1) is 9.34. The van der Waals surface area contributed by atoms with Gasteiger partial charge in [0.25, 0.3) is 0 Å². The Labute approximate surface area is 119 Å². The van der Waals surface area contributed by atoms with Crippen molar-refractivity contribution in [2.75, 3.05) is 13.1 Å². The van der Waals surface area contributed by atoms with E-state index in [4.69, 9.17) is 7.85 Å². The highest BCUT2D eigenvalue weighted by Crippen LogP contribution is 2.32. The molecule has 2 heterocycles. The molecule has 2 N–H and O–H groups in total. The van der Waals surface area contributed by atoms with Crippen molar-refractivity contribution in [3.63, 3.8) is 0 Å². The molecule has 0 saturated carbocycles. The second kappa shape index (κ2) is 5.83. The molecule has 1 aliphatic rings. The molecule has 1 saturated heterocycles. The van der Waals surface area contributed by atoms with Gasteiger partial charge in [-0.2, -0.15) is 5.10 Å². The van der Waals surface area contributed by atoms with Crippen molar-refractivity contribution in [1.29, 1.82) is 0 Å². The molecule has 2 rings (SSSR count). The monoisotopic (exact) mass is 281 g/mol. The fraction of sp³-hybridized carbons (Fsp3) is 0.769. The van der Waals surface area contributed by atoms with Crippen LogP contribution in [0.4, 0.5) is 4.39 Å². The average molecular weight is 281 g/mol. The summed E-state index contributed by atoms with van der Waals surface area (Å²) in [6, 6.07) is 0.509. The third-order valence-electron chi connectivity index (χ3n) is 4.20. The third-order valence-corrected chi connectivity index (χ3v) is 4.20. The van der Waals surface area contributed by atoms with Gasteiger partial charge in [-0.3, -0.25) is 0 Å². The Kier molecular flexibility index (Phi) is 4.51. The molecule has 110 valence electrons. The molecule has 0 spiro atoms. The summed E-state index contributed by atoms with van der Waals surface area (Å²) in [5.74, 6) is -3.29. The molecule has 1 aromatic rings. The van der Waals surface area contributed by atoms with Gasteiger partial charge in [0.05, 0.1) is 11.9 Å². The van der Waals surface area contributed by atoms with Crippen molar-refractivity contribution >= 4 is 7.85 Å². The molecular formula is C13H21BFN3O2. The summed E-state index contributed by atoms with van der Waals surface area (Å²) in [6.45, 7) is 6.04. The van der Waals surface area contributed by atoms with Gasteiger partial charge in [-0.05, 0) is 39.3 Å². The highest BCUT2D eigenvalue weighted by molar-refractivity contribution is 6.11. The van der Waals surface area contributed by atoms with E-state index in [1.54, 1.807) is 0 Å². The lowest BCUT2D eigenvalue weighted by molar-refractivity contribution is -0.162. The van der Waals surface area contributed by atoms with E-state index in [1.165, 1.54) is 0 Å². The molecule has 1 atom stereocenters. The molecule has 1 aromatic heterocycles. The normalized spacial score (nSPS) is 20.2. The summed E-state index contributed by atoms with van der Waals surface area (Å²) in [5, 5.41) is 22.5. The highest BCUT2D eigenvalue weighted by Gasteiger charge is 2.32. The molecule has 1 fully saturated rings.